The Morgan fingerprint density at radius 1 is 1.50 bits per heavy atom. The van der Waals surface area contributed by atoms with Gasteiger partial charge in [-0.05, 0) is 0 Å². The predicted octanol–water partition coefficient (Wildman–Crippen LogP) is -2.91. The summed E-state index contributed by atoms with van der Waals surface area (Å²) < 4.78 is 20.5. The summed E-state index contributed by atoms with van der Waals surface area (Å²) in [5, 5.41) is 4.56. The molecule has 0 saturated heterocycles. The van der Waals surface area contributed by atoms with Crippen LogP contribution >= 0.6 is 0 Å². The number of primary sulfonamides is 1. The number of carbonyl (C=O) groups is 1. The monoisotopic (exact) mass is 167 g/mol. The molecule has 0 aromatic rings. The number of carbonyl (C=O) groups excluding carboxylic acids is 1. The van der Waals surface area contributed by atoms with Gasteiger partial charge in [0.15, 0.2) is 0 Å². The summed E-state index contributed by atoms with van der Waals surface area (Å²) in [6.07, 6.45) is 0. The Hall–Kier alpha value is -0.660. The van der Waals surface area contributed by atoms with Crippen molar-refractivity contribution in [2.45, 2.75) is 6.04 Å². The lowest BCUT2D eigenvalue weighted by molar-refractivity contribution is -0.118. The molecular weight excluding hydrogens is 158 g/mol. The summed E-state index contributed by atoms with van der Waals surface area (Å²) in [5.74, 6) is -1.49. The van der Waals surface area contributed by atoms with E-state index in [1.165, 1.54) is 0 Å². The van der Waals surface area contributed by atoms with Gasteiger partial charge < -0.3 is 11.5 Å². The number of hydrogen-bond donors (Lipinski definition) is 3. The van der Waals surface area contributed by atoms with Gasteiger partial charge in [-0.1, -0.05) is 0 Å². The van der Waals surface area contributed by atoms with E-state index in [9.17, 15) is 13.2 Å². The first-order chi connectivity index (χ1) is 4.33. The van der Waals surface area contributed by atoms with Crippen LogP contribution in [0.25, 0.3) is 0 Å². The fourth-order valence-electron chi connectivity index (χ4n) is 0.332. The molecule has 0 heterocycles. The molecule has 10 heavy (non-hydrogen) atoms. The van der Waals surface area contributed by atoms with E-state index in [2.05, 4.69) is 10.9 Å². The third-order valence-electron chi connectivity index (χ3n) is 0.777. The molecule has 6 nitrogen and oxygen atoms in total. The minimum absolute atomic E-state index is 0.609. The predicted molar refractivity (Wildman–Crippen MR) is 35.1 cm³/mol. The molecule has 1 amide bonds. The Morgan fingerprint density at radius 2 is 1.90 bits per heavy atom. The van der Waals surface area contributed by atoms with E-state index in [-0.39, 0.29) is 0 Å². The van der Waals surface area contributed by atoms with Crippen LogP contribution in [-0.2, 0) is 14.8 Å². The Morgan fingerprint density at radius 3 is 2.00 bits per heavy atom. The number of primary amides is 1. The van der Waals surface area contributed by atoms with Gasteiger partial charge in [0.2, 0.25) is 15.9 Å². The van der Waals surface area contributed by atoms with E-state index in [1.807, 2.05) is 0 Å². The Kier molecular flexibility index (Phi) is 2.76. The third kappa shape index (κ3) is 4.24. The van der Waals surface area contributed by atoms with Crippen molar-refractivity contribution in [1.82, 2.24) is 0 Å². The summed E-state index contributed by atoms with van der Waals surface area (Å²) in [4.78, 5) is 10.2. The molecule has 0 aromatic carbocycles. The lowest BCUT2D eigenvalue weighted by Crippen LogP contribution is -2.43. The Bertz CT molecular complexity index is 221. The minimum Gasteiger partial charge on any atom is -0.368 e. The molecule has 0 aromatic heterocycles. The van der Waals surface area contributed by atoms with Crippen LogP contribution in [0, 0.1) is 0 Å². The molecule has 0 radical (unpaired) electrons. The highest BCUT2D eigenvalue weighted by atomic mass is 32.2. The quantitative estimate of drug-likeness (QED) is 0.416. The highest BCUT2D eigenvalue weighted by Crippen LogP contribution is 1.82. The molecule has 1 unspecified atom stereocenters. The number of sulfonamides is 1. The van der Waals surface area contributed by atoms with Crippen molar-refractivity contribution in [2.75, 3.05) is 5.75 Å². The molecule has 0 rings (SSSR count). The number of amides is 1. The third-order valence-corrected chi connectivity index (χ3v) is 1.60. The van der Waals surface area contributed by atoms with Crippen LogP contribution in [0.3, 0.4) is 0 Å². The van der Waals surface area contributed by atoms with Crippen molar-refractivity contribution in [3.63, 3.8) is 0 Å². The summed E-state index contributed by atoms with van der Waals surface area (Å²) in [6.45, 7) is 0. The fourth-order valence-corrected chi connectivity index (χ4v) is 0.997. The zero-order valence-corrected chi connectivity index (χ0v) is 5.97. The van der Waals surface area contributed by atoms with Crippen LogP contribution in [0.5, 0.6) is 0 Å². The van der Waals surface area contributed by atoms with Crippen LogP contribution in [0.2, 0.25) is 0 Å². The second kappa shape index (κ2) is 2.95. The first kappa shape index (κ1) is 9.34. The molecule has 0 aliphatic heterocycles. The van der Waals surface area contributed by atoms with E-state index in [0.717, 1.165) is 0 Å². The van der Waals surface area contributed by atoms with Gasteiger partial charge in [-0.2, -0.15) is 0 Å². The van der Waals surface area contributed by atoms with E-state index < -0.39 is 27.7 Å². The van der Waals surface area contributed by atoms with Crippen LogP contribution in [0.4, 0.5) is 0 Å². The van der Waals surface area contributed by atoms with Gasteiger partial charge in [-0.25, -0.2) is 13.6 Å². The van der Waals surface area contributed by atoms with Gasteiger partial charge in [-0.15, -0.1) is 0 Å². The normalized spacial score (nSPS) is 14.6. The molecule has 0 spiro atoms. The van der Waals surface area contributed by atoms with Crippen molar-refractivity contribution >= 4 is 15.9 Å². The van der Waals surface area contributed by atoms with E-state index in [1.54, 1.807) is 0 Å². The van der Waals surface area contributed by atoms with Crippen molar-refractivity contribution in [3.8, 4) is 0 Å². The van der Waals surface area contributed by atoms with E-state index in [4.69, 9.17) is 5.73 Å². The molecule has 7 heteroatoms. The number of hydrogen-bond acceptors (Lipinski definition) is 4. The maximum absolute atomic E-state index is 10.2. The first-order valence-corrected chi connectivity index (χ1v) is 4.10. The van der Waals surface area contributed by atoms with Crippen molar-refractivity contribution < 1.29 is 13.2 Å². The molecule has 1 atom stereocenters. The zero-order chi connectivity index (χ0) is 8.36. The molecule has 0 fully saturated rings. The zero-order valence-electron chi connectivity index (χ0n) is 5.15. The van der Waals surface area contributed by atoms with E-state index in [0.29, 0.717) is 0 Å². The lowest BCUT2D eigenvalue weighted by atomic mass is 10.4. The topological polar surface area (TPSA) is 129 Å². The Labute approximate surface area is 58.4 Å². The summed E-state index contributed by atoms with van der Waals surface area (Å²) in [6, 6.07) is -1.21. The maximum atomic E-state index is 10.2. The molecule has 60 valence electrons. The van der Waals surface area contributed by atoms with Crippen LogP contribution in [0.15, 0.2) is 0 Å². The van der Waals surface area contributed by atoms with Gasteiger partial charge in [0.05, 0.1) is 11.8 Å². The summed E-state index contributed by atoms with van der Waals surface area (Å²) in [7, 11) is -3.69. The number of rotatable bonds is 3. The second-order valence-electron chi connectivity index (χ2n) is 1.84. The van der Waals surface area contributed by atoms with Gasteiger partial charge in [0.25, 0.3) is 0 Å². The van der Waals surface area contributed by atoms with Gasteiger partial charge >= 0.3 is 0 Å². The highest BCUT2D eigenvalue weighted by Gasteiger charge is 2.15. The average molecular weight is 167 g/mol. The summed E-state index contributed by atoms with van der Waals surface area (Å²) >= 11 is 0. The molecule has 0 aliphatic rings. The fraction of sp³-hybridized carbons (Fsp3) is 0.667. The maximum Gasteiger partial charge on any atom is 0.235 e. The van der Waals surface area contributed by atoms with E-state index >= 15 is 0 Å². The van der Waals surface area contributed by atoms with Crippen molar-refractivity contribution in [2.24, 2.45) is 16.6 Å². The smallest absolute Gasteiger partial charge is 0.235 e. The SMILES string of the molecule is NC(=O)C(N)CS(N)(=O)=O. The Balaban J connectivity index is 4.06. The summed E-state index contributed by atoms with van der Waals surface area (Å²) in [5.41, 5.74) is 9.63. The second-order valence-corrected chi connectivity index (χ2v) is 3.50. The van der Waals surface area contributed by atoms with Gasteiger partial charge in [0.1, 0.15) is 0 Å². The standard InChI is InChI=1S/C3H9N3O3S/c4-2(3(5)7)1-10(6,8)9/h2H,1,4H2,(H2,5,7)(H2,6,8,9). The number of nitrogens with two attached hydrogens (primary N) is 3. The molecule has 6 N–H and O–H groups in total. The lowest BCUT2D eigenvalue weighted by Gasteiger charge is -2.03. The minimum atomic E-state index is -3.69. The van der Waals surface area contributed by atoms with Crippen molar-refractivity contribution in [1.29, 1.82) is 0 Å². The average Bonchev–Trinajstić information content (AvgIpc) is 1.60. The molecule has 0 aliphatic carbocycles. The first-order valence-electron chi connectivity index (χ1n) is 2.38. The van der Waals surface area contributed by atoms with Gasteiger partial charge in [-0.3, -0.25) is 4.79 Å². The van der Waals surface area contributed by atoms with Crippen LogP contribution in [0.1, 0.15) is 0 Å². The van der Waals surface area contributed by atoms with Crippen molar-refractivity contribution in [3.05, 3.63) is 0 Å². The molecular formula is C3H9N3O3S. The highest BCUT2D eigenvalue weighted by molar-refractivity contribution is 7.89. The largest absolute Gasteiger partial charge is 0.368 e. The molecule has 0 bridgehead atoms. The van der Waals surface area contributed by atoms with Crippen LogP contribution < -0.4 is 16.6 Å². The molecule has 0 saturated carbocycles. The van der Waals surface area contributed by atoms with Gasteiger partial charge in [0, 0.05) is 0 Å². The van der Waals surface area contributed by atoms with Crippen LogP contribution in [-0.4, -0.2) is 26.1 Å².